The number of amides is 2. The summed E-state index contributed by atoms with van der Waals surface area (Å²) in [6.45, 7) is 2.29. The van der Waals surface area contributed by atoms with Crippen LogP contribution in [-0.2, 0) is 22.7 Å². The summed E-state index contributed by atoms with van der Waals surface area (Å²) in [6, 6.07) is 11.7. The number of nitrogens with one attached hydrogen (secondary N) is 1. The molecule has 30 heavy (non-hydrogen) atoms. The Labute approximate surface area is 176 Å². The topological polar surface area (TPSA) is 80.1 Å². The molecule has 1 aliphatic heterocycles. The van der Waals surface area contributed by atoms with Gasteiger partial charge in [-0.15, -0.1) is 0 Å². The molecule has 1 saturated heterocycles. The summed E-state index contributed by atoms with van der Waals surface area (Å²) in [5.41, 5.74) is 1.91. The molecule has 1 fully saturated rings. The minimum atomic E-state index is 0.0723. The number of fused-ring (bicyclic) bond motifs is 1. The second-order valence-corrected chi connectivity index (χ2v) is 7.89. The Balaban J connectivity index is 1.17. The fourth-order valence-corrected chi connectivity index (χ4v) is 3.93. The SMILES string of the molecule is O=C(CCC1CCN(C(=O)Cn2cc3ccccc3n2)CC1)NCc1cccnc1. The molecule has 0 unspecified atom stereocenters. The predicted molar refractivity (Wildman–Crippen MR) is 114 cm³/mol. The molecular formula is C23H27N5O2. The van der Waals surface area contributed by atoms with E-state index in [1.54, 1.807) is 17.1 Å². The van der Waals surface area contributed by atoms with Crippen molar-refractivity contribution in [3.8, 4) is 0 Å². The van der Waals surface area contributed by atoms with Crippen LogP contribution >= 0.6 is 0 Å². The van der Waals surface area contributed by atoms with Crippen LogP contribution < -0.4 is 5.32 Å². The molecule has 0 atom stereocenters. The summed E-state index contributed by atoms with van der Waals surface area (Å²) in [4.78, 5) is 30.7. The van der Waals surface area contributed by atoms with Gasteiger partial charge in [-0.25, -0.2) is 0 Å². The average Bonchev–Trinajstić information content (AvgIpc) is 3.19. The first-order valence-corrected chi connectivity index (χ1v) is 10.5. The van der Waals surface area contributed by atoms with Crippen molar-refractivity contribution in [1.29, 1.82) is 0 Å². The third-order valence-corrected chi connectivity index (χ3v) is 5.72. The maximum Gasteiger partial charge on any atom is 0.244 e. The number of hydrogen-bond donors (Lipinski definition) is 1. The average molecular weight is 406 g/mol. The first kappa shape index (κ1) is 20.1. The van der Waals surface area contributed by atoms with Gasteiger partial charge in [0.25, 0.3) is 0 Å². The second kappa shape index (κ2) is 9.52. The van der Waals surface area contributed by atoms with Crippen molar-refractivity contribution in [2.24, 2.45) is 5.92 Å². The van der Waals surface area contributed by atoms with E-state index in [4.69, 9.17) is 0 Å². The number of benzene rings is 1. The lowest BCUT2D eigenvalue weighted by Gasteiger charge is -2.32. The minimum Gasteiger partial charge on any atom is -0.352 e. The summed E-state index contributed by atoms with van der Waals surface area (Å²) >= 11 is 0. The van der Waals surface area contributed by atoms with E-state index in [1.165, 1.54) is 0 Å². The van der Waals surface area contributed by atoms with Crippen LogP contribution in [0.25, 0.3) is 10.9 Å². The van der Waals surface area contributed by atoms with Crippen LogP contribution in [0.4, 0.5) is 0 Å². The van der Waals surface area contributed by atoms with E-state index in [9.17, 15) is 9.59 Å². The van der Waals surface area contributed by atoms with Crippen LogP contribution in [0, 0.1) is 5.92 Å². The fraction of sp³-hybridized carbons (Fsp3) is 0.391. The van der Waals surface area contributed by atoms with Crippen LogP contribution in [0.15, 0.2) is 55.0 Å². The van der Waals surface area contributed by atoms with Gasteiger partial charge in [-0.05, 0) is 42.9 Å². The van der Waals surface area contributed by atoms with E-state index in [0.29, 0.717) is 18.9 Å². The maximum absolute atomic E-state index is 12.6. The number of likely N-dealkylation sites (tertiary alicyclic amines) is 1. The van der Waals surface area contributed by atoms with E-state index in [-0.39, 0.29) is 18.4 Å². The van der Waals surface area contributed by atoms with Crippen molar-refractivity contribution in [3.63, 3.8) is 0 Å². The second-order valence-electron chi connectivity index (χ2n) is 7.89. The van der Waals surface area contributed by atoms with Gasteiger partial charge in [-0.2, -0.15) is 5.10 Å². The van der Waals surface area contributed by atoms with E-state index in [1.807, 2.05) is 47.5 Å². The summed E-state index contributed by atoms with van der Waals surface area (Å²) in [5.74, 6) is 0.670. The Kier molecular flexibility index (Phi) is 6.37. The highest BCUT2D eigenvalue weighted by Gasteiger charge is 2.23. The molecule has 0 spiro atoms. The van der Waals surface area contributed by atoms with Crippen molar-refractivity contribution in [2.45, 2.75) is 38.8 Å². The number of piperidine rings is 1. The number of nitrogens with zero attached hydrogens (tertiary/aromatic N) is 4. The number of carbonyl (C=O) groups excluding carboxylic acids is 2. The van der Waals surface area contributed by atoms with Crippen molar-refractivity contribution < 1.29 is 9.59 Å². The molecule has 3 aromatic rings. The molecule has 2 amide bonds. The van der Waals surface area contributed by atoms with Gasteiger partial charge in [-0.1, -0.05) is 24.3 Å². The largest absolute Gasteiger partial charge is 0.352 e. The molecule has 0 aliphatic carbocycles. The summed E-state index contributed by atoms with van der Waals surface area (Å²) in [7, 11) is 0. The first-order chi connectivity index (χ1) is 14.7. The molecule has 7 nitrogen and oxygen atoms in total. The zero-order valence-electron chi connectivity index (χ0n) is 17.0. The molecule has 0 radical (unpaired) electrons. The molecule has 156 valence electrons. The number of rotatable bonds is 7. The monoisotopic (exact) mass is 405 g/mol. The van der Waals surface area contributed by atoms with Gasteiger partial charge >= 0.3 is 0 Å². The van der Waals surface area contributed by atoms with E-state index in [0.717, 1.165) is 48.8 Å². The maximum atomic E-state index is 12.6. The third kappa shape index (κ3) is 5.23. The van der Waals surface area contributed by atoms with E-state index in [2.05, 4.69) is 15.4 Å². The van der Waals surface area contributed by atoms with Crippen LogP contribution in [0.2, 0.25) is 0 Å². The number of pyridine rings is 1. The van der Waals surface area contributed by atoms with Gasteiger partial charge in [0, 0.05) is 50.0 Å². The lowest BCUT2D eigenvalue weighted by molar-refractivity contribution is -0.133. The predicted octanol–water partition coefficient (Wildman–Crippen LogP) is 2.77. The number of aromatic nitrogens is 3. The van der Waals surface area contributed by atoms with Crippen LogP contribution in [-0.4, -0.2) is 44.6 Å². The van der Waals surface area contributed by atoms with Crippen LogP contribution in [0.3, 0.4) is 0 Å². The minimum absolute atomic E-state index is 0.0723. The van der Waals surface area contributed by atoms with Gasteiger partial charge in [-0.3, -0.25) is 19.3 Å². The quantitative estimate of drug-likeness (QED) is 0.655. The van der Waals surface area contributed by atoms with E-state index < -0.39 is 0 Å². The molecule has 4 rings (SSSR count). The van der Waals surface area contributed by atoms with Crippen molar-refractivity contribution in [2.75, 3.05) is 13.1 Å². The smallest absolute Gasteiger partial charge is 0.244 e. The third-order valence-electron chi connectivity index (χ3n) is 5.72. The molecule has 7 heteroatoms. The first-order valence-electron chi connectivity index (χ1n) is 10.5. The highest BCUT2D eigenvalue weighted by atomic mass is 16.2. The molecule has 2 aromatic heterocycles. The Bertz CT molecular complexity index is 960. The molecule has 0 saturated carbocycles. The van der Waals surface area contributed by atoms with Gasteiger partial charge in [0.1, 0.15) is 6.54 Å². The van der Waals surface area contributed by atoms with Crippen LogP contribution in [0.5, 0.6) is 0 Å². The standard InChI is InChI=1S/C23H27N5O2/c29-22(25-15-19-4-3-11-24-14-19)8-7-18-9-12-27(13-10-18)23(30)17-28-16-20-5-1-2-6-21(20)26-28/h1-6,11,14,16,18H,7-10,12-13,15,17H2,(H,25,29). The van der Waals surface area contributed by atoms with Gasteiger partial charge in [0.05, 0.1) is 5.52 Å². The molecule has 1 aliphatic rings. The van der Waals surface area contributed by atoms with Gasteiger partial charge in [0.15, 0.2) is 0 Å². The fourth-order valence-electron chi connectivity index (χ4n) is 3.93. The van der Waals surface area contributed by atoms with Crippen LogP contribution in [0.1, 0.15) is 31.2 Å². The summed E-state index contributed by atoms with van der Waals surface area (Å²) < 4.78 is 1.73. The molecule has 1 N–H and O–H groups in total. The summed E-state index contributed by atoms with van der Waals surface area (Å²) in [5, 5.41) is 8.47. The van der Waals surface area contributed by atoms with E-state index >= 15 is 0 Å². The Hall–Kier alpha value is -3.22. The normalized spacial score (nSPS) is 14.7. The number of carbonyl (C=O) groups is 2. The molecule has 0 bridgehead atoms. The van der Waals surface area contributed by atoms with Gasteiger partial charge in [0.2, 0.25) is 11.8 Å². The Morgan fingerprint density at radius 3 is 2.70 bits per heavy atom. The van der Waals surface area contributed by atoms with Gasteiger partial charge < -0.3 is 10.2 Å². The lowest BCUT2D eigenvalue weighted by atomic mass is 9.92. The lowest BCUT2D eigenvalue weighted by Crippen LogP contribution is -2.40. The zero-order chi connectivity index (χ0) is 20.8. The van der Waals surface area contributed by atoms with Crippen molar-refractivity contribution in [1.82, 2.24) is 25.0 Å². The zero-order valence-corrected chi connectivity index (χ0v) is 17.0. The highest BCUT2D eigenvalue weighted by Crippen LogP contribution is 2.22. The van der Waals surface area contributed by atoms with Crippen molar-refractivity contribution in [3.05, 3.63) is 60.6 Å². The van der Waals surface area contributed by atoms with Crippen molar-refractivity contribution >= 4 is 22.7 Å². The highest BCUT2D eigenvalue weighted by molar-refractivity contribution is 5.80. The number of hydrogen-bond acceptors (Lipinski definition) is 4. The Morgan fingerprint density at radius 2 is 1.93 bits per heavy atom. The molecule has 3 heterocycles. The molecule has 1 aromatic carbocycles. The molecular weight excluding hydrogens is 378 g/mol. The summed E-state index contributed by atoms with van der Waals surface area (Å²) in [6.07, 6.45) is 8.69. The Morgan fingerprint density at radius 1 is 1.10 bits per heavy atom.